The molecule has 18 heavy (non-hydrogen) atoms. The maximum absolute atomic E-state index is 11.9. The fourth-order valence-corrected chi connectivity index (χ4v) is 1.49. The molecule has 0 saturated heterocycles. The summed E-state index contributed by atoms with van der Waals surface area (Å²) in [6.07, 6.45) is 0.309. The average molecular weight is 259 g/mol. The summed E-state index contributed by atoms with van der Waals surface area (Å²) in [4.78, 5) is 34.5. The molecule has 0 aliphatic rings. The minimum Gasteiger partial charge on any atom is -0.481 e. The van der Waals surface area contributed by atoms with Crippen LogP contribution in [-0.4, -0.2) is 46.0 Å². The van der Waals surface area contributed by atoms with Gasteiger partial charge in [-0.25, -0.2) is 0 Å². The van der Waals surface area contributed by atoms with Crippen LogP contribution in [0.5, 0.6) is 0 Å². The number of hydrogen-bond acceptors (Lipinski definition) is 3. The fraction of sp³-hybridized carbons (Fsp3) is 0.750. The minimum atomic E-state index is -0.963. The molecule has 6 nitrogen and oxygen atoms in total. The summed E-state index contributed by atoms with van der Waals surface area (Å²) in [5, 5.41) is 17.4. The monoisotopic (exact) mass is 259 g/mol. The van der Waals surface area contributed by atoms with E-state index in [1.807, 2.05) is 0 Å². The Bertz CT molecular complexity index is 314. The number of rotatable bonds is 8. The van der Waals surface area contributed by atoms with Gasteiger partial charge in [0.25, 0.3) is 0 Å². The van der Waals surface area contributed by atoms with E-state index >= 15 is 0 Å². The molecule has 1 atom stereocenters. The van der Waals surface area contributed by atoms with E-state index in [0.717, 1.165) is 0 Å². The van der Waals surface area contributed by atoms with Crippen LogP contribution in [0.2, 0.25) is 0 Å². The summed E-state index contributed by atoms with van der Waals surface area (Å²) in [6, 6.07) is 0. The Kier molecular flexibility index (Phi) is 7.00. The lowest BCUT2D eigenvalue weighted by molar-refractivity contribution is -0.144. The van der Waals surface area contributed by atoms with Crippen molar-refractivity contribution in [3.8, 4) is 0 Å². The second kappa shape index (κ2) is 7.68. The molecule has 0 heterocycles. The zero-order chi connectivity index (χ0) is 14.3. The largest absolute Gasteiger partial charge is 0.481 e. The highest BCUT2D eigenvalue weighted by Gasteiger charge is 2.22. The third-order valence-electron chi connectivity index (χ3n) is 2.54. The Balaban J connectivity index is 4.47. The van der Waals surface area contributed by atoms with Gasteiger partial charge in [0.2, 0.25) is 5.91 Å². The van der Waals surface area contributed by atoms with Gasteiger partial charge >= 0.3 is 11.9 Å². The molecule has 0 aromatic rings. The number of carbonyl (C=O) groups is 3. The van der Waals surface area contributed by atoms with Crippen LogP contribution in [0.25, 0.3) is 0 Å². The maximum atomic E-state index is 11.9. The van der Waals surface area contributed by atoms with Crippen molar-refractivity contribution >= 4 is 17.8 Å². The number of carbonyl (C=O) groups excluding carboxylic acids is 1. The lowest BCUT2D eigenvalue weighted by Gasteiger charge is -2.26. The SMILES string of the molecule is CC(C)C(=O)N(CCCC(=O)O)CC(C)C(=O)O. The molecule has 0 rings (SSSR count). The number of aliphatic carboxylic acids is 2. The molecule has 0 aliphatic heterocycles. The van der Waals surface area contributed by atoms with Gasteiger partial charge in [-0.05, 0) is 6.42 Å². The summed E-state index contributed by atoms with van der Waals surface area (Å²) < 4.78 is 0. The molecule has 0 bridgehead atoms. The van der Waals surface area contributed by atoms with E-state index in [1.54, 1.807) is 13.8 Å². The normalized spacial score (nSPS) is 12.2. The molecule has 104 valence electrons. The highest BCUT2D eigenvalue weighted by molar-refractivity contribution is 5.79. The van der Waals surface area contributed by atoms with E-state index in [2.05, 4.69) is 0 Å². The molecule has 2 N–H and O–H groups in total. The van der Waals surface area contributed by atoms with Crippen LogP contribution in [0, 0.1) is 11.8 Å². The van der Waals surface area contributed by atoms with Gasteiger partial charge in [-0.15, -0.1) is 0 Å². The Labute approximate surface area is 107 Å². The third-order valence-corrected chi connectivity index (χ3v) is 2.54. The summed E-state index contributed by atoms with van der Waals surface area (Å²) >= 11 is 0. The molecule has 0 radical (unpaired) electrons. The fourth-order valence-electron chi connectivity index (χ4n) is 1.49. The molecular formula is C12H21NO5. The van der Waals surface area contributed by atoms with Gasteiger partial charge in [-0.1, -0.05) is 20.8 Å². The van der Waals surface area contributed by atoms with E-state index in [0.29, 0.717) is 6.42 Å². The first-order valence-corrected chi connectivity index (χ1v) is 5.99. The predicted octanol–water partition coefficient (Wildman–Crippen LogP) is 1.06. The molecule has 1 amide bonds. The Morgan fingerprint density at radius 1 is 1.11 bits per heavy atom. The van der Waals surface area contributed by atoms with Crippen molar-refractivity contribution in [3.63, 3.8) is 0 Å². The second-order valence-corrected chi connectivity index (χ2v) is 4.68. The highest BCUT2D eigenvalue weighted by atomic mass is 16.4. The molecule has 0 saturated carbocycles. The van der Waals surface area contributed by atoms with Gasteiger partial charge in [0.15, 0.2) is 0 Å². The molecule has 1 unspecified atom stereocenters. The van der Waals surface area contributed by atoms with Crippen molar-refractivity contribution in [1.82, 2.24) is 4.90 Å². The van der Waals surface area contributed by atoms with Crippen LogP contribution in [0.15, 0.2) is 0 Å². The molecule has 0 spiro atoms. The molecule has 0 aromatic carbocycles. The van der Waals surface area contributed by atoms with Crippen molar-refractivity contribution in [2.45, 2.75) is 33.6 Å². The van der Waals surface area contributed by atoms with Gasteiger partial charge in [0.1, 0.15) is 0 Å². The zero-order valence-corrected chi connectivity index (χ0v) is 11.0. The zero-order valence-electron chi connectivity index (χ0n) is 11.0. The van der Waals surface area contributed by atoms with Crippen molar-refractivity contribution in [2.24, 2.45) is 11.8 Å². The van der Waals surface area contributed by atoms with Crippen LogP contribution < -0.4 is 0 Å². The molecule has 0 fully saturated rings. The van der Waals surface area contributed by atoms with Crippen LogP contribution in [0.4, 0.5) is 0 Å². The minimum absolute atomic E-state index is 0.0245. The molecule has 0 aromatic heterocycles. The number of carboxylic acid groups (broad SMARTS) is 2. The lowest BCUT2D eigenvalue weighted by atomic mass is 10.1. The summed E-state index contributed by atoms with van der Waals surface area (Å²) in [5.74, 6) is -2.91. The van der Waals surface area contributed by atoms with Gasteiger partial charge in [0, 0.05) is 25.4 Å². The Hall–Kier alpha value is -1.59. The molecule has 0 aliphatic carbocycles. The number of carboxylic acids is 2. The van der Waals surface area contributed by atoms with E-state index in [1.165, 1.54) is 11.8 Å². The van der Waals surface area contributed by atoms with Crippen LogP contribution in [0.3, 0.4) is 0 Å². The summed E-state index contributed by atoms with van der Waals surface area (Å²) in [6.45, 7) is 5.39. The van der Waals surface area contributed by atoms with E-state index < -0.39 is 17.9 Å². The van der Waals surface area contributed by atoms with Gasteiger partial charge in [-0.2, -0.15) is 0 Å². The van der Waals surface area contributed by atoms with Gasteiger partial charge < -0.3 is 15.1 Å². The van der Waals surface area contributed by atoms with E-state index in [4.69, 9.17) is 10.2 Å². The van der Waals surface area contributed by atoms with Crippen molar-refractivity contribution < 1.29 is 24.6 Å². The smallest absolute Gasteiger partial charge is 0.308 e. The third kappa shape index (κ3) is 6.22. The van der Waals surface area contributed by atoms with Crippen molar-refractivity contribution in [1.29, 1.82) is 0 Å². The average Bonchev–Trinajstić information content (AvgIpc) is 2.25. The number of amides is 1. The Morgan fingerprint density at radius 2 is 1.67 bits per heavy atom. The summed E-state index contributed by atoms with van der Waals surface area (Å²) in [5.41, 5.74) is 0. The Morgan fingerprint density at radius 3 is 2.06 bits per heavy atom. The van der Waals surface area contributed by atoms with E-state index in [-0.39, 0.29) is 31.3 Å². The quantitative estimate of drug-likeness (QED) is 0.679. The maximum Gasteiger partial charge on any atom is 0.308 e. The van der Waals surface area contributed by atoms with Crippen molar-refractivity contribution in [2.75, 3.05) is 13.1 Å². The van der Waals surface area contributed by atoms with E-state index in [9.17, 15) is 14.4 Å². The number of hydrogen-bond donors (Lipinski definition) is 2. The summed E-state index contributed by atoms with van der Waals surface area (Å²) in [7, 11) is 0. The van der Waals surface area contributed by atoms with Crippen molar-refractivity contribution in [3.05, 3.63) is 0 Å². The first-order valence-electron chi connectivity index (χ1n) is 5.99. The first-order chi connectivity index (χ1) is 8.25. The highest BCUT2D eigenvalue weighted by Crippen LogP contribution is 2.08. The molecular weight excluding hydrogens is 238 g/mol. The van der Waals surface area contributed by atoms with Crippen LogP contribution >= 0.6 is 0 Å². The van der Waals surface area contributed by atoms with Gasteiger partial charge in [0.05, 0.1) is 5.92 Å². The second-order valence-electron chi connectivity index (χ2n) is 4.68. The predicted molar refractivity (Wildman–Crippen MR) is 65.1 cm³/mol. The standard InChI is InChI=1S/C12H21NO5/c1-8(2)11(16)13(6-4-5-10(14)15)7-9(3)12(17)18/h8-9H,4-7H2,1-3H3,(H,14,15)(H,17,18). The van der Waals surface area contributed by atoms with Crippen LogP contribution in [-0.2, 0) is 14.4 Å². The van der Waals surface area contributed by atoms with Crippen LogP contribution in [0.1, 0.15) is 33.6 Å². The lowest BCUT2D eigenvalue weighted by Crippen LogP contribution is -2.40. The topological polar surface area (TPSA) is 94.9 Å². The molecule has 6 heteroatoms. The number of nitrogens with zero attached hydrogens (tertiary/aromatic N) is 1. The first kappa shape index (κ1) is 16.4. The van der Waals surface area contributed by atoms with Gasteiger partial charge in [-0.3, -0.25) is 14.4 Å².